The molecule has 1 aliphatic heterocycles. The van der Waals surface area contributed by atoms with E-state index in [0.29, 0.717) is 36.5 Å². The van der Waals surface area contributed by atoms with Crippen LogP contribution in [0.5, 0.6) is 0 Å². The van der Waals surface area contributed by atoms with Crippen molar-refractivity contribution in [2.75, 3.05) is 26.7 Å². The van der Waals surface area contributed by atoms with E-state index in [4.69, 9.17) is 5.11 Å². The van der Waals surface area contributed by atoms with Gasteiger partial charge < -0.3 is 20.7 Å². The van der Waals surface area contributed by atoms with Gasteiger partial charge in [0.2, 0.25) is 0 Å². The molecule has 196 valence electrons. The summed E-state index contributed by atoms with van der Waals surface area (Å²) in [5.74, 6) is -0.430. The zero-order valence-corrected chi connectivity index (χ0v) is 21.6. The molecule has 0 radical (unpaired) electrons. The van der Waals surface area contributed by atoms with Crippen molar-refractivity contribution in [2.45, 2.75) is 26.1 Å². The Hall–Kier alpha value is -4.21. The second kappa shape index (κ2) is 11.0. The van der Waals surface area contributed by atoms with E-state index < -0.39 is 0 Å². The lowest BCUT2D eigenvalue weighted by atomic mass is 10.0. The number of aliphatic hydroxyl groups is 1. The lowest BCUT2D eigenvalue weighted by Gasteiger charge is -2.22. The number of nitrogens with one attached hydrogen (secondary N) is 3. The first-order valence-corrected chi connectivity index (χ1v) is 12.7. The molecular weight excluding hydrogens is 480 g/mol. The van der Waals surface area contributed by atoms with Gasteiger partial charge in [-0.15, -0.1) is 0 Å². The van der Waals surface area contributed by atoms with Gasteiger partial charge in [-0.2, -0.15) is 5.10 Å². The molecule has 0 fully saturated rings. The Morgan fingerprint density at radius 2 is 1.97 bits per heavy atom. The Balaban J connectivity index is 1.28. The molecule has 1 unspecified atom stereocenters. The number of rotatable bonds is 9. The van der Waals surface area contributed by atoms with Gasteiger partial charge in [-0.3, -0.25) is 19.2 Å². The van der Waals surface area contributed by atoms with Crippen LogP contribution in [-0.2, 0) is 17.9 Å². The van der Waals surface area contributed by atoms with E-state index in [0.717, 1.165) is 28.6 Å². The molecule has 0 saturated heterocycles. The zero-order chi connectivity index (χ0) is 26.6. The van der Waals surface area contributed by atoms with Crippen LogP contribution < -0.4 is 10.6 Å². The minimum absolute atomic E-state index is 0.115. The molecule has 0 aliphatic carbocycles. The van der Waals surface area contributed by atoms with E-state index in [1.807, 2.05) is 49.2 Å². The molecule has 4 N–H and O–H groups in total. The molecule has 1 atom stereocenters. The van der Waals surface area contributed by atoms with Crippen molar-refractivity contribution in [3.05, 3.63) is 94.9 Å². The Kier molecular flexibility index (Phi) is 7.39. The number of nitrogens with zero attached hydrogens (tertiary/aromatic N) is 3. The highest BCUT2D eigenvalue weighted by Gasteiger charge is 2.24. The average molecular weight is 513 g/mol. The van der Waals surface area contributed by atoms with Gasteiger partial charge in [-0.05, 0) is 49.4 Å². The first-order valence-electron chi connectivity index (χ1n) is 12.7. The largest absolute Gasteiger partial charge is 0.395 e. The molecule has 38 heavy (non-hydrogen) atoms. The van der Waals surface area contributed by atoms with E-state index in [-0.39, 0.29) is 24.5 Å². The van der Waals surface area contributed by atoms with Crippen LogP contribution in [0.1, 0.15) is 32.7 Å². The van der Waals surface area contributed by atoms with Gasteiger partial charge in [-0.25, -0.2) is 0 Å². The van der Waals surface area contributed by atoms with Crippen LogP contribution in [0.3, 0.4) is 0 Å². The first kappa shape index (κ1) is 25.4. The Morgan fingerprint density at radius 3 is 2.76 bits per heavy atom. The first-order chi connectivity index (χ1) is 18.4. The maximum Gasteiger partial charge on any atom is 0.254 e. The number of likely N-dealkylation sites (N-methyl/N-ethyl adjacent to an activating group) is 1. The zero-order valence-electron chi connectivity index (χ0n) is 21.6. The predicted octanol–water partition coefficient (Wildman–Crippen LogP) is 2.46. The second-order valence-corrected chi connectivity index (χ2v) is 9.85. The van der Waals surface area contributed by atoms with Crippen molar-refractivity contribution < 1.29 is 14.7 Å². The van der Waals surface area contributed by atoms with Crippen molar-refractivity contribution in [3.8, 4) is 0 Å². The summed E-state index contributed by atoms with van der Waals surface area (Å²) < 4.78 is 1.74. The normalized spacial score (nSPS) is 15.5. The maximum absolute atomic E-state index is 12.9. The number of hydrogen-bond donors (Lipinski definition) is 4. The summed E-state index contributed by atoms with van der Waals surface area (Å²) in [5, 5.41) is 20.3. The van der Waals surface area contributed by atoms with E-state index in [9.17, 15) is 9.59 Å². The summed E-state index contributed by atoms with van der Waals surface area (Å²) in [6, 6.07) is 15.9. The molecule has 0 saturated carbocycles. The predicted molar refractivity (Wildman–Crippen MR) is 146 cm³/mol. The molecule has 2 amide bonds. The summed E-state index contributed by atoms with van der Waals surface area (Å²) in [5.41, 5.74) is 6.00. The number of aryl methyl sites for hydroxylation is 1. The topological polar surface area (TPSA) is 115 Å². The highest BCUT2D eigenvalue weighted by molar-refractivity contribution is 6.20. The van der Waals surface area contributed by atoms with Crippen LogP contribution in [0.2, 0.25) is 0 Å². The molecule has 2 aromatic carbocycles. The van der Waals surface area contributed by atoms with Crippen LogP contribution in [0, 0.1) is 6.92 Å². The fourth-order valence-electron chi connectivity index (χ4n) is 4.63. The Bertz CT molecular complexity index is 1480. The number of aromatic nitrogens is 3. The highest BCUT2D eigenvalue weighted by atomic mass is 16.3. The molecule has 9 heteroatoms. The third kappa shape index (κ3) is 5.85. The third-order valence-corrected chi connectivity index (χ3v) is 6.68. The van der Waals surface area contributed by atoms with Gasteiger partial charge >= 0.3 is 0 Å². The molecule has 3 heterocycles. The van der Waals surface area contributed by atoms with Gasteiger partial charge in [0, 0.05) is 36.7 Å². The summed E-state index contributed by atoms with van der Waals surface area (Å²) in [6.45, 7) is 4.37. The quantitative estimate of drug-likeness (QED) is 0.275. The number of fused-ring (bicyclic) bond motifs is 1. The molecular formula is C29H32N6O3. The number of amides is 2. The fraction of sp³-hybridized carbons (Fsp3) is 0.276. The van der Waals surface area contributed by atoms with Crippen molar-refractivity contribution >= 4 is 28.3 Å². The van der Waals surface area contributed by atoms with Crippen molar-refractivity contribution in [3.63, 3.8) is 0 Å². The molecule has 0 bridgehead atoms. The summed E-state index contributed by atoms with van der Waals surface area (Å²) in [4.78, 5) is 31.0. The van der Waals surface area contributed by atoms with Gasteiger partial charge in [0.25, 0.3) is 11.8 Å². The SMILES string of the molecule is Cc1ccc(Cn2cc(C(=O)NC3C=C(c4cc5cc(CN(C)CCO)ccc5[nH]4)C(=O)NC3)cn2)cc1. The van der Waals surface area contributed by atoms with Crippen LogP contribution in [0.4, 0.5) is 0 Å². The van der Waals surface area contributed by atoms with E-state index in [1.54, 1.807) is 23.2 Å². The number of carbonyl (C=O) groups excluding carboxylic acids is 2. The number of carbonyl (C=O) groups is 2. The van der Waals surface area contributed by atoms with Crippen LogP contribution in [0.25, 0.3) is 16.5 Å². The van der Waals surface area contributed by atoms with E-state index in [1.165, 1.54) is 5.56 Å². The average Bonchev–Trinajstić information content (AvgIpc) is 3.53. The number of H-pyrrole nitrogens is 1. The maximum atomic E-state index is 12.9. The smallest absolute Gasteiger partial charge is 0.254 e. The van der Waals surface area contributed by atoms with E-state index in [2.05, 4.69) is 38.9 Å². The van der Waals surface area contributed by atoms with Crippen molar-refractivity contribution in [1.29, 1.82) is 0 Å². The lowest BCUT2D eigenvalue weighted by Crippen LogP contribution is -2.46. The molecule has 5 rings (SSSR count). The van der Waals surface area contributed by atoms with Gasteiger partial charge in [0.1, 0.15) is 0 Å². The lowest BCUT2D eigenvalue weighted by molar-refractivity contribution is -0.115. The van der Waals surface area contributed by atoms with E-state index >= 15 is 0 Å². The fourth-order valence-corrected chi connectivity index (χ4v) is 4.63. The third-order valence-electron chi connectivity index (χ3n) is 6.68. The molecule has 2 aromatic heterocycles. The minimum Gasteiger partial charge on any atom is -0.395 e. The number of benzene rings is 2. The number of aromatic amines is 1. The van der Waals surface area contributed by atoms with Gasteiger partial charge in [0.15, 0.2) is 0 Å². The standard InChI is InChI=1S/C29H32N6O3/c1-19-3-5-20(6-4-19)17-35-18-23(14-31-35)28(37)32-24-13-25(29(38)30-15-24)27-12-22-11-21(7-8-26(22)33-27)16-34(2)9-10-36/h3-8,11-14,18,24,33,36H,9-10,15-17H2,1-2H3,(H,30,38)(H,32,37). The Labute approximate surface area is 221 Å². The highest BCUT2D eigenvalue weighted by Crippen LogP contribution is 2.24. The van der Waals surface area contributed by atoms with Crippen molar-refractivity contribution in [1.82, 2.24) is 30.3 Å². The summed E-state index contributed by atoms with van der Waals surface area (Å²) >= 11 is 0. The number of hydrogen-bond acceptors (Lipinski definition) is 5. The molecule has 1 aliphatic rings. The molecule has 0 spiro atoms. The van der Waals surface area contributed by atoms with Gasteiger partial charge in [0.05, 0.1) is 42.2 Å². The second-order valence-electron chi connectivity index (χ2n) is 9.85. The minimum atomic E-state index is -0.357. The molecule has 4 aromatic rings. The summed E-state index contributed by atoms with van der Waals surface area (Å²) in [7, 11) is 1.96. The monoisotopic (exact) mass is 512 g/mol. The molecule has 9 nitrogen and oxygen atoms in total. The van der Waals surface area contributed by atoms with Crippen LogP contribution in [0.15, 0.2) is 67.0 Å². The summed E-state index contributed by atoms with van der Waals surface area (Å²) in [6.07, 6.45) is 5.09. The Morgan fingerprint density at radius 1 is 1.18 bits per heavy atom. The van der Waals surface area contributed by atoms with Crippen LogP contribution in [-0.4, -0.2) is 69.4 Å². The number of aliphatic hydroxyl groups excluding tert-OH is 1. The van der Waals surface area contributed by atoms with Gasteiger partial charge in [-0.1, -0.05) is 35.9 Å². The van der Waals surface area contributed by atoms with Crippen LogP contribution >= 0.6 is 0 Å². The van der Waals surface area contributed by atoms with Crippen molar-refractivity contribution in [2.24, 2.45) is 0 Å².